The zero-order valence-corrected chi connectivity index (χ0v) is 22.0. The average molecular weight is 633 g/mol. The summed E-state index contributed by atoms with van der Waals surface area (Å²) in [5.74, 6) is -4.64. The number of benzene rings is 3. The summed E-state index contributed by atoms with van der Waals surface area (Å²) in [6.45, 7) is 1.78. The fourth-order valence-corrected chi connectivity index (χ4v) is 4.42. The molecule has 0 saturated carbocycles. The largest absolute Gasteiger partial charge is 0.496 e. The van der Waals surface area contributed by atoms with E-state index in [1.54, 1.807) is 19.1 Å². The maximum Gasteiger partial charge on any atom is 0.340 e. The Kier molecular flexibility index (Phi) is 8.45. The summed E-state index contributed by atoms with van der Waals surface area (Å²) in [5.41, 5.74) is -1.20. The van der Waals surface area contributed by atoms with Crippen LogP contribution in [0, 0.1) is 27.9 Å². The number of ether oxygens (including phenoxy) is 2. The van der Waals surface area contributed by atoms with Crippen LogP contribution in [0.4, 0.5) is 24.5 Å². The van der Waals surface area contributed by atoms with Gasteiger partial charge in [-0.1, -0.05) is 17.7 Å². The molecule has 0 spiro atoms. The van der Waals surface area contributed by atoms with E-state index in [0.29, 0.717) is 9.78 Å². The molecular formula is C23H19F3IN3O5S. The van der Waals surface area contributed by atoms with Crippen LogP contribution in [-0.2, 0) is 14.8 Å². The molecule has 0 atom stereocenters. The van der Waals surface area contributed by atoms with Gasteiger partial charge in [-0.2, -0.15) is 13.5 Å². The maximum atomic E-state index is 15.1. The molecule has 3 aromatic rings. The quantitative estimate of drug-likeness (QED) is 0.159. The number of anilines is 2. The molecule has 0 aliphatic rings. The van der Waals surface area contributed by atoms with Crippen molar-refractivity contribution in [1.29, 1.82) is 0 Å². The number of nitrogens with zero attached hydrogens (tertiary/aromatic N) is 1. The van der Waals surface area contributed by atoms with Gasteiger partial charge in [-0.05, 0) is 53.8 Å². The second-order valence-electron chi connectivity index (χ2n) is 7.27. The van der Waals surface area contributed by atoms with Gasteiger partial charge < -0.3 is 14.8 Å². The number of sulfonamides is 1. The van der Waals surface area contributed by atoms with Crippen LogP contribution in [0.1, 0.15) is 21.5 Å². The van der Waals surface area contributed by atoms with E-state index in [4.69, 9.17) is 4.74 Å². The van der Waals surface area contributed by atoms with Crippen molar-refractivity contribution in [2.24, 2.45) is 5.10 Å². The van der Waals surface area contributed by atoms with Crippen molar-refractivity contribution < 1.29 is 35.9 Å². The number of halogens is 4. The third-order valence-corrected chi connectivity index (χ3v) is 6.93. The normalized spacial score (nSPS) is 11.4. The number of nitrogens with one attached hydrogen (secondary N) is 2. The molecular weight excluding hydrogens is 614 g/mol. The Morgan fingerprint density at radius 2 is 1.72 bits per heavy atom. The van der Waals surface area contributed by atoms with E-state index >= 15 is 4.39 Å². The van der Waals surface area contributed by atoms with Crippen molar-refractivity contribution in [3.63, 3.8) is 0 Å². The predicted molar refractivity (Wildman–Crippen MR) is 136 cm³/mol. The molecule has 36 heavy (non-hydrogen) atoms. The van der Waals surface area contributed by atoms with Gasteiger partial charge in [0, 0.05) is 11.6 Å². The lowest BCUT2D eigenvalue weighted by Gasteiger charge is -2.15. The van der Waals surface area contributed by atoms with E-state index in [1.165, 1.54) is 25.3 Å². The number of esters is 1. The molecule has 3 rings (SSSR count). The van der Waals surface area contributed by atoms with Gasteiger partial charge in [0.25, 0.3) is 10.0 Å². The van der Waals surface area contributed by atoms with Crippen molar-refractivity contribution in [3.05, 3.63) is 80.2 Å². The molecule has 13 heteroatoms. The minimum absolute atomic E-state index is 0.0957. The van der Waals surface area contributed by atoms with E-state index in [9.17, 15) is 22.0 Å². The Morgan fingerprint density at radius 3 is 2.33 bits per heavy atom. The second kappa shape index (κ2) is 11.2. The van der Waals surface area contributed by atoms with Crippen LogP contribution in [0.15, 0.2) is 52.5 Å². The number of carbonyl (C=O) groups excluding carboxylic acids is 1. The van der Waals surface area contributed by atoms with E-state index in [0.717, 1.165) is 24.8 Å². The number of carbonyl (C=O) groups is 1. The van der Waals surface area contributed by atoms with Crippen LogP contribution >= 0.6 is 22.6 Å². The van der Waals surface area contributed by atoms with Gasteiger partial charge in [-0.25, -0.2) is 22.8 Å². The summed E-state index contributed by atoms with van der Waals surface area (Å²) < 4.78 is 79.3. The van der Waals surface area contributed by atoms with E-state index in [-0.39, 0.29) is 16.3 Å². The van der Waals surface area contributed by atoms with Gasteiger partial charge in [-0.15, -0.1) is 0 Å². The van der Waals surface area contributed by atoms with Crippen molar-refractivity contribution in [3.8, 4) is 5.75 Å². The van der Waals surface area contributed by atoms with Gasteiger partial charge in [0.2, 0.25) is 0 Å². The molecule has 0 saturated heterocycles. The molecule has 2 N–H and O–H groups in total. The molecule has 3 aromatic carbocycles. The fourth-order valence-electron chi connectivity index (χ4n) is 2.98. The van der Waals surface area contributed by atoms with Crippen molar-refractivity contribution in [1.82, 2.24) is 4.83 Å². The third kappa shape index (κ3) is 5.90. The highest BCUT2D eigenvalue weighted by Gasteiger charge is 2.24. The fraction of sp³-hybridized carbons (Fsp3) is 0.130. The number of aryl methyl sites for hydroxylation is 1. The summed E-state index contributed by atoms with van der Waals surface area (Å²) in [7, 11) is -1.72. The zero-order chi connectivity index (χ0) is 26.6. The van der Waals surface area contributed by atoms with E-state index in [1.807, 2.05) is 27.4 Å². The first-order chi connectivity index (χ1) is 17.0. The monoisotopic (exact) mass is 633 g/mol. The first kappa shape index (κ1) is 27.3. The van der Waals surface area contributed by atoms with Gasteiger partial charge in [0.1, 0.15) is 11.6 Å². The zero-order valence-electron chi connectivity index (χ0n) is 19.0. The topological polar surface area (TPSA) is 106 Å². The summed E-state index contributed by atoms with van der Waals surface area (Å²) in [5, 5.41) is 5.85. The van der Waals surface area contributed by atoms with Gasteiger partial charge in [-0.3, -0.25) is 0 Å². The highest BCUT2D eigenvalue weighted by molar-refractivity contribution is 14.1. The molecule has 0 amide bonds. The molecule has 0 aliphatic carbocycles. The van der Waals surface area contributed by atoms with Crippen LogP contribution in [-0.4, -0.2) is 34.8 Å². The SMILES string of the molecule is COC(=O)c1cc(/C=N/NS(=O)(=O)c2ccc(C)cc2)c(F)c(F)c1Nc1cc(OC)c(I)cc1F. The summed E-state index contributed by atoms with van der Waals surface area (Å²) in [6, 6.07) is 9.06. The maximum absolute atomic E-state index is 15.1. The Bertz CT molecular complexity index is 1450. The predicted octanol–water partition coefficient (Wildman–Crippen LogP) is 4.87. The first-order valence-corrected chi connectivity index (χ1v) is 12.6. The average Bonchev–Trinajstić information content (AvgIpc) is 2.84. The van der Waals surface area contributed by atoms with Crippen LogP contribution in [0.3, 0.4) is 0 Å². The standard InChI is InChI=1S/C23H19F3IN3O5S/c1-12-4-6-14(7-5-12)36(32,33)30-28-11-13-8-15(23(31)35-3)22(21(26)20(13)25)29-18-10-19(34-2)17(27)9-16(18)24/h4-11,29-30H,1-3H3/b28-11+. The Hall–Kier alpha value is -3.33. The Balaban J connectivity index is 1.99. The Labute approximate surface area is 218 Å². The van der Waals surface area contributed by atoms with Gasteiger partial charge in [0.05, 0.1) is 45.8 Å². The minimum atomic E-state index is -4.09. The molecule has 8 nitrogen and oxygen atoms in total. The summed E-state index contributed by atoms with van der Waals surface area (Å²) in [6.07, 6.45) is 0.689. The lowest BCUT2D eigenvalue weighted by Crippen LogP contribution is -2.18. The highest BCUT2D eigenvalue weighted by Crippen LogP contribution is 2.33. The van der Waals surface area contributed by atoms with Crippen molar-refractivity contribution in [2.75, 3.05) is 19.5 Å². The molecule has 0 aliphatic heterocycles. The minimum Gasteiger partial charge on any atom is -0.496 e. The molecule has 190 valence electrons. The highest BCUT2D eigenvalue weighted by atomic mass is 127. The van der Waals surface area contributed by atoms with Crippen LogP contribution in [0.2, 0.25) is 0 Å². The number of hydrogen-bond donors (Lipinski definition) is 2. The number of hydrogen-bond acceptors (Lipinski definition) is 7. The number of methoxy groups -OCH3 is 2. The van der Waals surface area contributed by atoms with E-state index in [2.05, 4.69) is 15.2 Å². The smallest absolute Gasteiger partial charge is 0.340 e. The molecule has 0 fully saturated rings. The lowest BCUT2D eigenvalue weighted by molar-refractivity contribution is 0.0601. The molecule has 0 radical (unpaired) electrons. The molecule has 0 heterocycles. The van der Waals surface area contributed by atoms with Gasteiger partial charge >= 0.3 is 5.97 Å². The van der Waals surface area contributed by atoms with Crippen LogP contribution in [0.25, 0.3) is 0 Å². The summed E-state index contributed by atoms with van der Waals surface area (Å²) >= 11 is 1.83. The van der Waals surface area contributed by atoms with Crippen LogP contribution < -0.4 is 14.9 Å². The first-order valence-electron chi connectivity index (χ1n) is 10.0. The number of hydrazone groups is 1. The van der Waals surface area contributed by atoms with Gasteiger partial charge in [0.15, 0.2) is 11.6 Å². The summed E-state index contributed by atoms with van der Waals surface area (Å²) in [4.78, 5) is 14.1. The van der Waals surface area contributed by atoms with E-state index < -0.39 is 50.3 Å². The van der Waals surface area contributed by atoms with Crippen LogP contribution in [0.5, 0.6) is 5.75 Å². The number of rotatable bonds is 8. The molecule has 0 unspecified atom stereocenters. The molecule has 0 bridgehead atoms. The lowest BCUT2D eigenvalue weighted by atomic mass is 10.1. The second-order valence-corrected chi connectivity index (χ2v) is 10.1. The third-order valence-electron chi connectivity index (χ3n) is 4.85. The Morgan fingerprint density at radius 1 is 1.06 bits per heavy atom. The van der Waals surface area contributed by atoms with Crippen molar-refractivity contribution in [2.45, 2.75) is 11.8 Å². The molecule has 0 aromatic heterocycles. The van der Waals surface area contributed by atoms with Crippen molar-refractivity contribution >= 4 is 56.2 Å².